The molecule has 1 aliphatic carbocycles. The average molecular weight is 497 g/mol. The van der Waals surface area contributed by atoms with Crippen molar-refractivity contribution < 1.29 is 9.90 Å². The zero-order valence-electron chi connectivity index (χ0n) is 19.6. The van der Waals surface area contributed by atoms with Crippen molar-refractivity contribution in [1.29, 1.82) is 10.5 Å². The molecule has 2 heterocycles. The number of benzene rings is 2. The molecule has 8 heteroatoms. The lowest BCUT2D eigenvalue weighted by molar-refractivity contribution is -0.137. The van der Waals surface area contributed by atoms with Gasteiger partial charge in [0.05, 0.1) is 11.0 Å². The fourth-order valence-corrected chi connectivity index (χ4v) is 6.53. The predicted octanol–water partition coefficient (Wildman–Crippen LogP) is 3.59. The normalized spacial score (nSPS) is 18.7. The molecule has 0 spiro atoms. The molecule has 2 atom stereocenters. The highest BCUT2D eigenvalue weighted by molar-refractivity contribution is 7.07. The second-order valence-corrected chi connectivity index (χ2v) is 10.1. The van der Waals surface area contributed by atoms with E-state index in [9.17, 15) is 20.1 Å². The van der Waals surface area contributed by atoms with Gasteiger partial charge >= 0.3 is 5.97 Å². The first-order valence-corrected chi connectivity index (χ1v) is 12.8. The molecule has 1 aromatic heterocycles. The molecule has 1 fully saturated rings. The molecule has 1 saturated carbocycles. The summed E-state index contributed by atoms with van der Waals surface area (Å²) in [5, 5.41) is 27.8. The van der Waals surface area contributed by atoms with E-state index in [1.54, 1.807) is 6.08 Å². The fraction of sp³-hybridized carbons (Fsp3) is 0.286. The van der Waals surface area contributed by atoms with Crippen LogP contribution in [-0.2, 0) is 11.3 Å². The number of carboxylic acid groups (broad SMARTS) is 1. The highest BCUT2D eigenvalue weighted by Crippen LogP contribution is 2.51. The van der Waals surface area contributed by atoms with E-state index in [4.69, 9.17) is 5.11 Å². The number of nitriles is 2. The highest BCUT2D eigenvalue weighted by Gasteiger charge is 2.40. The standard InChI is InChI=1S/C28H24N4O3S/c29-16-19(17-30)28-31(13-12-26(33)34)27(35)25(36-28)15-18-10-11-24-22(14-18)21-8-4-5-9-23(21)32(24)20-6-2-1-3-7-20/h1-3,6-7,10-11,14-15,21,23H,4-5,8-9,12-13H2,(H,33,34). The maximum Gasteiger partial charge on any atom is 0.305 e. The van der Waals surface area contributed by atoms with E-state index >= 15 is 0 Å². The van der Waals surface area contributed by atoms with E-state index in [0.717, 1.165) is 29.7 Å². The van der Waals surface area contributed by atoms with Crippen molar-refractivity contribution >= 4 is 40.3 Å². The van der Waals surface area contributed by atoms with Gasteiger partial charge in [0.25, 0.3) is 5.56 Å². The van der Waals surface area contributed by atoms with Crippen LogP contribution < -0.4 is 19.7 Å². The van der Waals surface area contributed by atoms with E-state index < -0.39 is 5.97 Å². The minimum Gasteiger partial charge on any atom is -0.481 e. The van der Waals surface area contributed by atoms with Gasteiger partial charge in [-0.2, -0.15) is 10.5 Å². The van der Waals surface area contributed by atoms with Crippen LogP contribution in [0.3, 0.4) is 0 Å². The van der Waals surface area contributed by atoms with E-state index in [0.29, 0.717) is 16.5 Å². The Labute approximate surface area is 212 Å². The van der Waals surface area contributed by atoms with E-state index in [1.807, 2.05) is 24.3 Å². The van der Waals surface area contributed by atoms with Crippen LogP contribution in [0.1, 0.15) is 49.1 Å². The summed E-state index contributed by atoms with van der Waals surface area (Å²) in [6, 6.07) is 20.8. The summed E-state index contributed by atoms with van der Waals surface area (Å²) in [7, 11) is 0. The smallest absolute Gasteiger partial charge is 0.305 e. The number of nitrogens with zero attached hydrogens (tertiary/aromatic N) is 4. The number of hydrogen-bond acceptors (Lipinski definition) is 6. The fourth-order valence-electron chi connectivity index (χ4n) is 5.45. The van der Waals surface area contributed by atoms with Crippen LogP contribution in [0.25, 0.3) is 11.6 Å². The van der Waals surface area contributed by atoms with Gasteiger partial charge in [0.1, 0.15) is 16.8 Å². The Morgan fingerprint density at radius 2 is 1.86 bits per heavy atom. The number of rotatable bonds is 5. The van der Waals surface area contributed by atoms with Crippen LogP contribution in [0.15, 0.2) is 53.3 Å². The number of carboxylic acids is 1. The van der Waals surface area contributed by atoms with Crippen LogP contribution in [0.5, 0.6) is 0 Å². The number of anilines is 2. The maximum atomic E-state index is 13.2. The Balaban J connectivity index is 1.62. The molecule has 0 amide bonds. The largest absolute Gasteiger partial charge is 0.481 e. The van der Waals surface area contributed by atoms with Crippen LogP contribution in [-0.4, -0.2) is 21.7 Å². The van der Waals surface area contributed by atoms with E-state index in [2.05, 4.69) is 41.3 Å². The molecule has 2 unspecified atom stereocenters. The topological polar surface area (TPSA) is 110 Å². The average Bonchev–Trinajstić information content (AvgIpc) is 3.38. The molecule has 180 valence electrons. The summed E-state index contributed by atoms with van der Waals surface area (Å²) in [5.41, 5.74) is 3.96. The zero-order valence-corrected chi connectivity index (χ0v) is 20.4. The molecule has 0 saturated heterocycles. The van der Waals surface area contributed by atoms with Crippen molar-refractivity contribution in [3.8, 4) is 12.1 Å². The van der Waals surface area contributed by atoms with Gasteiger partial charge < -0.3 is 10.0 Å². The van der Waals surface area contributed by atoms with Crippen LogP contribution >= 0.6 is 11.3 Å². The van der Waals surface area contributed by atoms with E-state index in [1.165, 1.54) is 34.3 Å². The molecule has 1 N–H and O–H groups in total. The molecule has 3 aromatic rings. The van der Waals surface area contributed by atoms with Crippen molar-refractivity contribution in [2.75, 3.05) is 4.90 Å². The molecule has 5 rings (SSSR count). The quantitative estimate of drug-likeness (QED) is 0.578. The summed E-state index contributed by atoms with van der Waals surface area (Å²) in [5.74, 6) is -0.630. The molecule has 2 aromatic carbocycles. The number of para-hydroxylation sites is 1. The Hall–Kier alpha value is -4.14. The van der Waals surface area contributed by atoms with Crippen molar-refractivity contribution in [3.63, 3.8) is 0 Å². The number of carbonyl (C=O) groups is 1. The first-order chi connectivity index (χ1) is 17.5. The van der Waals surface area contributed by atoms with Crippen molar-refractivity contribution in [3.05, 3.63) is 79.2 Å². The predicted molar refractivity (Wildman–Crippen MR) is 138 cm³/mol. The SMILES string of the molecule is N#CC(C#N)=c1sc(=Cc2ccc3c(c2)C2CCCCC2N3c2ccccc2)c(=O)n1CCC(=O)O. The van der Waals surface area contributed by atoms with Crippen molar-refractivity contribution in [2.45, 2.75) is 50.6 Å². The molecule has 1 aliphatic heterocycles. The third kappa shape index (κ3) is 4.21. The third-order valence-electron chi connectivity index (χ3n) is 7.00. The molecular formula is C28H24N4O3S. The summed E-state index contributed by atoms with van der Waals surface area (Å²) in [6.07, 6.45) is 6.17. The molecule has 36 heavy (non-hydrogen) atoms. The van der Waals surface area contributed by atoms with Gasteiger partial charge in [-0.15, -0.1) is 11.3 Å². The number of aliphatic carboxylic acids is 1. The minimum atomic E-state index is -1.05. The molecule has 0 radical (unpaired) electrons. The Morgan fingerprint density at radius 3 is 2.58 bits per heavy atom. The Bertz CT molecular complexity index is 1570. The number of fused-ring (bicyclic) bond motifs is 3. The minimum absolute atomic E-state index is 0.0966. The lowest BCUT2D eigenvalue weighted by Crippen LogP contribution is -2.32. The summed E-state index contributed by atoms with van der Waals surface area (Å²) in [6.45, 7) is -0.0966. The molecule has 7 nitrogen and oxygen atoms in total. The monoisotopic (exact) mass is 496 g/mol. The van der Waals surface area contributed by atoms with Crippen LogP contribution in [0, 0.1) is 22.7 Å². The van der Waals surface area contributed by atoms with E-state index in [-0.39, 0.29) is 28.8 Å². The van der Waals surface area contributed by atoms with Gasteiger partial charge in [0.15, 0.2) is 5.57 Å². The van der Waals surface area contributed by atoms with Crippen LogP contribution in [0.2, 0.25) is 0 Å². The van der Waals surface area contributed by atoms with Gasteiger partial charge in [0.2, 0.25) is 0 Å². The summed E-state index contributed by atoms with van der Waals surface area (Å²) < 4.78 is 1.80. The van der Waals surface area contributed by atoms with Crippen molar-refractivity contribution in [1.82, 2.24) is 4.57 Å². The molecular weight excluding hydrogens is 472 g/mol. The number of aromatic nitrogens is 1. The number of hydrogen-bond donors (Lipinski definition) is 1. The lowest BCUT2D eigenvalue weighted by Gasteiger charge is -2.33. The second kappa shape index (κ2) is 9.85. The zero-order chi connectivity index (χ0) is 25.2. The summed E-state index contributed by atoms with van der Waals surface area (Å²) in [4.78, 5) is 26.7. The van der Waals surface area contributed by atoms with Crippen LogP contribution in [0.4, 0.5) is 11.4 Å². The number of thiazole rings is 1. The van der Waals surface area contributed by atoms with Crippen molar-refractivity contribution in [2.24, 2.45) is 0 Å². The van der Waals surface area contributed by atoms with Gasteiger partial charge in [-0.1, -0.05) is 37.1 Å². The van der Waals surface area contributed by atoms with Gasteiger partial charge in [-0.3, -0.25) is 14.2 Å². The first-order valence-electron chi connectivity index (χ1n) is 12.0. The Kier molecular flexibility index (Phi) is 6.45. The molecule has 0 bridgehead atoms. The van der Waals surface area contributed by atoms with Gasteiger partial charge in [-0.05, 0) is 54.3 Å². The highest BCUT2D eigenvalue weighted by atomic mass is 32.1. The Morgan fingerprint density at radius 1 is 1.11 bits per heavy atom. The third-order valence-corrected chi connectivity index (χ3v) is 8.13. The lowest BCUT2D eigenvalue weighted by atomic mass is 9.82. The van der Waals surface area contributed by atoms with Gasteiger partial charge in [0, 0.05) is 29.9 Å². The first kappa shape index (κ1) is 23.6. The molecule has 2 aliphatic rings. The maximum absolute atomic E-state index is 13.2. The van der Waals surface area contributed by atoms with Gasteiger partial charge in [-0.25, -0.2) is 0 Å². The summed E-state index contributed by atoms with van der Waals surface area (Å²) >= 11 is 1.05. The second-order valence-electron chi connectivity index (χ2n) is 9.10.